The van der Waals surface area contributed by atoms with Crippen molar-refractivity contribution >= 4 is 5.91 Å². The molecule has 2 aliphatic rings. The van der Waals surface area contributed by atoms with Crippen molar-refractivity contribution < 1.29 is 4.79 Å². The number of benzene rings is 1. The SMILES string of the molecule is C[C@H](NC(=O)c1ccc(=O)n(Cc2ccccc2)n1)[C@@H]1C[C@H]2CC[C@H]1C2. The first-order valence-corrected chi connectivity index (χ1v) is 9.53. The van der Waals surface area contributed by atoms with E-state index in [0.29, 0.717) is 18.2 Å². The molecule has 0 spiro atoms. The lowest BCUT2D eigenvalue weighted by Gasteiger charge is -2.28. The van der Waals surface area contributed by atoms with Gasteiger partial charge < -0.3 is 5.32 Å². The largest absolute Gasteiger partial charge is 0.348 e. The minimum Gasteiger partial charge on any atom is -0.348 e. The van der Waals surface area contributed by atoms with Crippen LogP contribution in [0.2, 0.25) is 0 Å². The van der Waals surface area contributed by atoms with E-state index >= 15 is 0 Å². The molecule has 2 bridgehead atoms. The van der Waals surface area contributed by atoms with E-state index in [1.54, 1.807) is 0 Å². The van der Waals surface area contributed by atoms with Crippen LogP contribution in [0.5, 0.6) is 0 Å². The van der Waals surface area contributed by atoms with Gasteiger partial charge in [-0.3, -0.25) is 9.59 Å². The van der Waals surface area contributed by atoms with Crippen LogP contribution in [-0.4, -0.2) is 21.7 Å². The van der Waals surface area contributed by atoms with Gasteiger partial charge >= 0.3 is 0 Å². The van der Waals surface area contributed by atoms with Crippen LogP contribution in [0, 0.1) is 17.8 Å². The molecule has 26 heavy (non-hydrogen) atoms. The molecule has 0 radical (unpaired) electrons. The number of nitrogens with zero attached hydrogens (tertiary/aromatic N) is 2. The van der Waals surface area contributed by atoms with Gasteiger partial charge in [-0.2, -0.15) is 5.10 Å². The number of fused-ring (bicyclic) bond motifs is 2. The summed E-state index contributed by atoms with van der Waals surface area (Å²) in [4.78, 5) is 24.7. The van der Waals surface area contributed by atoms with Gasteiger partial charge in [0.25, 0.3) is 11.5 Å². The maximum absolute atomic E-state index is 12.6. The molecule has 0 saturated heterocycles. The number of carbonyl (C=O) groups is 1. The maximum Gasteiger partial charge on any atom is 0.271 e. The van der Waals surface area contributed by atoms with Crippen LogP contribution in [0.4, 0.5) is 0 Å². The second-order valence-electron chi connectivity index (χ2n) is 7.80. The number of nitrogens with one attached hydrogen (secondary N) is 1. The Morgan fingerprint density at radius 2 is 2.00 bits per heavy atom. The van der Waals surface area contributed by atoms with E-state index in [1.807, 2.05) is 30.3 Å². The van der Waals surface area contributed by atoms with Crippen molar-refractivity contribution in [2.75, 3.05) is 0 Å². The highest BCUT2D eigenvalue weighted by molar-refractivity contribution is 5.92. The molecule has 2 aromatic rings. The summed E-state index contributed by atoms with van der Waals surface area (Å²) in [5.74, 6) is 2.00. The van der Waals surface area contributed by atoms with Gasteiger partial charge in [0.1, 0.15) is 5.69 Å². The molecule has 4 atom stereocenters. The summed E-state index contributed by atoms with van der Waals surface area (Å²) in [6, 6.07) is 12.8. The van der Waals surface area contributed by atoms with E-state index in [9.17, 15) is 9.59 Å². The van der Waals surface area contributed by atoms with Crippen LogP contribution in [0.3, 0.4) is 0 Å². The van der Waals surface area contributed by atoms with Crippen molar-refractivity contribution in [1.82, 2.24) is 15.1 Å². The van der Waals surface area contributed by atoms with Gasteiger partial charge in [-0.15, -0.1) is 0 Å². The zero-order valence-electron chi connectivity index (χ0n) is 15.1. The van der Waals surface area contributed by atoms with Crippen LogP contribution in [0.1, 0.15) is 48.7 Å². The number of hydrogen-bond acceptors (Lipinski definition) is 3. The topological polar surface area (TPSA) is 64.0 Å². The predicted octanol–water partition coefficient (Wildman–Crippen LogP) is 2.85. The molecule has 136 valence electrons. The Hall–Kier alpha value is -2.43. The fourth-order valence-corrected chi connectivity index (χ4v) is 4.73. The Kier molecular flexibility index (Phi) is 4.62. The number of rotatable bonds is 5. The average Bonchev–Trinajstić information content (AvgIpc) is 3.28. The van der Waals surface area contributed by atoms with Crippen molar-refractivity contribution in [2.24, 2.45) is 17.8 Å². The molecule has 5 heteroatoms. The van der Waals surface area contributed by atoms with Gasteiger partial charge in [-0.1, -0.05) is 36.8 Å². The van der Waals surface area contributed by atoms with Crippen LogP contribution in [0.15, 0.2) is 47.3 Å². The highest BCUT2D eigenvalue weighted by Crippen LogP contribution is 2.49. The molecule has 1 amide bonds. The molecule has 1 aromatic heterocycles. The Labute approximate surface area is 153 Å². The van der Waals surface area contributed by atoms with Gasteiger partial charge in [0, 0.05) is 12.1 Å². The van der Waals surface area contributed by atoms with Gasteiger partial charge in [-0.25, -0.2) is 4.68 Å². The molecule has 5 nitrogen and oxygen atoms in total. The van der Waals surface area contributed by atoms with E-state index in [2.05, 4.69) is 17.3 Å². The smallest absolute Gasteiger partial charge is 0.271 e. The molecule has 4 rings (SSSR count). The van der Waals surface area contributed by atoms with Crippen molar-refractivity contribution in [1.29, 1.82) is 0 Å². The summed E-state index contributed by atoms with van der Waals surface area (Å²) in [7, 11) is 0. The molecule has 0 unspecified atom stereocenters. The lowest BCUT2D eigenvalue weighted by atomic mass is 9.84. The van der Waals surface area contributed by atoms with Gasteiger partial charge in [0.2, 0.25) is 0 Å². The van der Waals surface area contributed by atoms with E-state index in [-0.39, 0.29) is 17.5 Å². The zero-order valence-corrected chi connectivity index (χ0v) is 15.1. The van der Waals surface area contributed by atoms with Gasteiger partial charge in [0.15, 0.2) is 0 Å². The molecule has 2 aliphatic carbocycles. The number of carbonyl (C=O) groups excluding carboxylic acids is 1. The summed E-state index contributed by atoms with van der Waals surface area (Å²) >= 11 is 0. The Morgan fingerprint density at radius 1 is 1.19 bits per heavy atom. The van der Waals surface area contributed by atoms with Gasteiger partial charge in [0.05, 0.1) is 6.54 Å². The summed E-state index contributed by atoms with van der Waals surface area (Å²) in [6.45, 7) is 2.46. The van der Waals surface area contributed by atoms with Crippen molar-refractivity contribution in [2.45, 2.75) is 45.2 Å². The molecule has 1 heterocycles. The van der Waals surface area contributed by atoms with E-state index < -0.39 is 0 Å². The van der Waals surface area contributed by atoms with Crippen molar-refractivity contribution in [3.8, 4) is 0 Å². The van der Waals surface area contributed by atoms with Crippen molar-refractivity contribution in [3.63, 3.8) is 0 Å². The van der Waals surface area contributed by atoms with Crippen LogP contribution in [-0.2, 0) is 6.54 Å². The second kappa shape index (κ2) is 7.06. The second-order valence-corrected chi connectivity index (χ2v) is 7.80. The third-order valence-corrected chi connectivity index (χ3v) is 6.07. The number of amides is 1. The molecule has 0 aliphatic heterocycles. The Balaban J connectivity index is 1.46. The summed E-state index contributed by atoms with van der Waals surface area (Å²) < 4.78 is 1.35. The fraction of sp³-hybridized carbons (Fsp3) is 0.476. The van der Waals surface area contributed by atoms with Gasteiger partial charge in [-0.05, 0) is 55.6 Å². The normalized spacial score (nSPS) is 25.2. The molecule has 1 N–H and O–H groups in total. The Morgan fingerprint density at radius 3 is 2.69 bits per heavy atom. The first-order chi connectivity index (χ1) is 12.6. The highest BCUT2D eigenvalue weighted by Gasteiger charge is 2.42. The average molecular weight is 351 g/mol. The van der Waals surface area contributed by atoms with E-state index in [0.717, 1.165) is 17.4 Å². The van der Waals surface area contributed by atoms with Crippen LogP contribution >= 0.6 is 0 Å². The van der Waals surface area contributed by atoms with Crippen molar-refractivity contribution in [3.05, 3.63) is 64.1 Å². The summed E-state index contributed by atoms with van der Waals surface area (Å²) in [6.07, 6.45) is 5.21. The molecular formula is C21H25N3O2. The summed E-state index contributed by atoms with van der Waals surface area (Å²) in [5.41, 5.74) is 1.08. The zero-order chi connectivity index (χ0) is 18.1. The quantitative estimate of drug-likeness (QED) is 0.901. The molecule has 1 aromatic carbocycles. The Bertz CT molecular complexity index is 846. The predicted molar refractivity (Wildman–Crippen MR) is 99.9 cm³/mol. The van der Waals surface area contributed by atoms with E-state index in [4.69, 9.17) is 0 Å². The summed E-state index contributed by atoms with van der Waals surface area (Å²) in [5, 5.41) is 7.40. The first-order valence-electron chi connectivity index (χ1n) is 9.53. The first kappa shape index (κ1) is 17.0. The maximum atomic E-state index is 12.6. The third-order valence-electron chi connectivity index (χ3n) is 6.07. The standard InChI is InChI=1S/C21H25N3O2/c1-14(18-12-16-7-8-17(18)11-16)22-21(26)19-9-10-20(25)24(23-19)13-15-5-3-2-4-6-15/h2-6,9-10,14,16-18H,7-8,11-13H2,1H3,(H,22,26)/t14-,16-,17-,18-/m0/s1. The molecule has 2 fully saturated rings. The molecular weight excluding hydrogens is 326 g/mol. The minimum absolute atomic E-state index is 0.147. The molecule has 2 saturated carbocycles. The van der Waals surface area contributed by atoms with Crippen LogP contribution < -0.4 is 10.9 Å². The van der Waals surface area contributed by atoms with Crippen LogP contribution in [0.25, 0.3) is 0 Å². The monoisotopic (exact) mass is 351 g/mol. The number of aromatic nitrogens is 2. The lowest BCUT2D eigenvalue weighted by Crippen LogP contribution is -2.41. The minimum atomic E-state index is -0.202. The highest BCUT2D eigenvalue weighted by atomic mass is 16.2. The number of hydrogen-bond donors (Lipinski definition) is 1. The third kappa shape index (κ3) is 3.43. The fourth-order valence-electron chi connectivity index (χ4n) is 4.73. The van der Waals surface area contributed by atoms with E-state index in [1.165, 1.54) is 42.5 Å². The lowest BCUT2D eigenvalue weighted by molar-refractivity contribution is 0.0907.